The maximum absolute atomic E-state index is 5.96. The van der Waals surface area contributed by atoms with E-state index in [2.05, 4.69) is 53.4 Å². The van der Waals surface area contributed by atoms with Gasteiger partial charge in [0, 0.05) is 26.2 Å². The minimum absolute atomic E-state index is 0.457. The van der Waals surface area contributed by atoms with Crippen LogP contribution in [0.25, 0.3) is 0 Å². The molecule has 0 aliphatic carbocycles. The lowest BCUT2D eigenvalue weighted by atomic mass is 10.0. The molecule has 1 aliphatic heterocycles. The third-order valence-corrected chi connectivity index (χ3v) is 4.33. The first-order chi connectivity index (χ1) is 12.7. The van der Waals surface area contributed by atoms with E-state index in [0.717, 1.165) is 64.2 Å². The number of para-hydroxylation sites is 1. The normalized spacial score (nSPS) is 15.9. The van der Waals surface area contributed by atoms with E-state index in [4.69, 9.17) is 9.47 Å². The lowest BCUT2D eigenvalue weighted by Crippen LogP contribution is -2.41. The zero-order valence-electron chi connectivity index (χ0n) is 16.5. The Labute approximate surface area is 158 Å². The molecule has 26 heavy (non-hydrogen) atoms. The monoisotopic (exact) mass is 362 g/mol. The summed E-state index contributed by atoms with van der Waals surface area (Å²) in [4.78, 5) is 7.05. The highest BCUT2D eigenvalue weighted by Crippen LogP contribution is 2.25. The van der Waals surface area contributed by atoms with Gasteiger partial charge in [-0.15, -0.1) is 0 Å². The molecule has 1 saturated heterocycles. The molecule has 146 valence electrons. The van der Waals surface area contributed by atoms with Crippen LogP contribution in [0, 0.1) is 0 Å². The van der Waals surface area contributed by atoms with Crippen molar-refractivity contribution in [2.45, 2.75) is 26.7 Å². The van der Waals surface area contributed by atoms with Gasteiger partial charge in [-0.25, -0.2) is 0 Å². The van der Waals surface area contributed by atoms with E-state index >= 15 is 0 Å². The largest absolute Gasteiger partial charge is 0.491 e. The summed E-state index contributed by atoms with van der Waals surface area (Å²) in [6.07, 6.45) is 0. The lowest BCUT2D eigenvalue weighted by Gasteiger charge is -2.25. The second-order valence-electron chi connectivity index (χ2n) is 6.68. The van der Waals surface area contributed by atoms with Crippen LogP contribution in [0.3, 0.4) is 0 Å². The summed E-state index contributed by atoms with van der Waals surface area (Å²) in [5.74, 6) is 2.28. The maximum Gasteiger partial charge on any atom is 0.191 e. The smallest absolute Gasteiger partial charge is 0.191 e. The first kappa shape index (κ1) is 20.5. The summed E-state index contributed by atoms with van der Waals surface area (Å²) in [5, 5.41) is 6.64. The summed E-state index contributed by atoms with van der Waals surface area (Å²) in [6.45, 7) is 14.0. The molecule has 1 aromatic carbocycles. The molecule has 1 aliphatic rings. The van der Waals surface area contributed by atoms with Crippen molar-refractivity contribution in [1.82, 2.24) is 15.5 Å². The number of nitrogens with zero attached hydrogens (tertiary/aromatic N) is 2. The Balaban J connectivity index is 1.73. The predicted octanol–water partition coefficient (Wildman–Crippen LogP) is 2.08. The minimum Gasteiger partial charge on any atom is -0.491 e. The molecule has 1 heterocycles. The van der Waals surface area contributed by atoms with Gasteiger partial charge in [0.15, 0.2) is 5.96 Å². The zero-order valence-corrected chi connectivity index (χ0v) is 16.5. The molecular formula is C20H34N4O2. The number of benzene rings is 1. The molecule has 0 aromatic heterocycles. The van der Waals surface area contributed by atoms with Crippen molar-refractivity contribution >= 4 is 5.96 Å². The topological polar surface area (TPSA) is 58.1 Å². The summed E-state index contributed by atoms with van der Waals surface area (Å²) in [6, 6.07) is 8.25. The van der Waals surface area contributed by atoms with Crippen LogP contribution < -0.4 is 15.4 Å². The quantitative estimate of drug-likeness (QED) is 0.400. The van der Waals surface area contributed by atoms with Gasteiger partial charge in [-0.05, 0) is 24.5 Å². The third-order valence-electron chi connectivity index (χ3n) is 4.33. The van der Waals surface area contributed by atoms with Crippen LogP contribution in [0.4, 0.5) is 0 Å². The summed E-state index contributed by atoms with van der Waals surface area (Å²) in [5.41, 5.74) is 1.25. The number of rotatable bonds is 9. The first-order valence-corrected chi connectivity index (χ1v) is 9.74. The standard InChI is InChI=1S/C20H34N4O2/c1-4-21-20(22-9-11-24-12-15-25-16-13-24)23-10-14-26-19-8-6-5-7-18(19)17(2)3/h5-8,17H,4,9-16H2,1-3H3,(H2,21,22,23). The average Bonchev–Trinajstić information content (AvgIpc) is 2.66. The molecule has 1 aromatic rings. The molecule has 0 bridgehead atoms. The second kappa shape index (κ2) is 11.8. The van der Waals surface area contributed by atoms with Crippen LogP contribution in [0.5, 0.6) is 5.75 Å². The van der Waals surface area contributed by atoms with E-state index in [1.807, 2.05) is 12.1 Å². The summed E-state index contributed by atoms with van der Waals surface area (Å²) < 4.78 is 11.3. The van der Waals surface area contributed by atoms with Gasteiger partial charge >= 0.3 is 0 Å². The molecular weight excluding hydrogens is 328 g/mol. The van der Waals surface area contributed by atoms with Crippen LogP contribution in [-0.2, 0) is 4.74 Å². The molecule has 0 amide bonds. The van der Waals surface area contributed by atoms with Crippen molar-refractivity contribution in [2.24, 2.45) is 4.99 Å². The van der Waals surface area contributed by atoms with Crippen LogP contribution in [0.2, 0.25) is 0 Å². The van der Waals surface area contributed by atoms with E-state index < -0.39 is 0 Å². The highest BCUT2D eigenvalue weighted by Gasteiger charge is 2.09. The molecule has 2 rings (SSSR count). The summed E-state index contributed by atoms with van der Waals surface area (Å²) >= 11 is 0. The van der Waals surface area contributed by atoms with Crippen molar-refractivity contribution in [1.29, 1.82) is 0 Å². The number of morpholine rings is 1. The number of nitrogens with one attached hydrogen (secondary N) is 2. The molecule has 2 N–H and O–H groups in total. The molecule has 0 spiro atoms. The number of ether oxygens (including phenoxy) is 2. The molecule has 1 fully saturated rings. The van der Waals surface area contributed by atoms with Crippen molar-refractivity contribution in [2.75, 3.05) is 59.1 Å². The lowest BCUT2D eigenvalue weighted by molar-refractivity contribution is 0.0394. The summed E-state index contributed by atoms with van der Waals surface area (Å²) in [7, 11) is 0. The van der Waals surface area contributed by atoms with E-state index in [1.165, 1.54) is 5.56 Å². The maximum atomic E-state index is 5.96. The molecule has 0 saturated carbocycles. The van der Waals surface area contributed by atoms with Gasteiger partial charge < -0.3 is 20.1 Å². The van der Waals surface area contributed by atoms with Gasteiger partial charge in [0.2, 0.25) is 0 Å². The fourth-order valence-corrected chi connectivity index (χ4v) is 2.89. The van der Waals surface area contributed by atoms with Crippen molar-refractivity contribution in [3.8, 4) is 5.75 Å². The fourth-order valence-electron chi connectivity index (χ4n) is 2.89. The van der Waals surface area contributed by atoms with Crippen LogP contribution in [0.1, 0.15) is 32.3 Å². The number of hydrogen-bond acceptors (Lipinski definition) is 4. The van der Waals surface area contributed by atoms with Gasteiger partial charge in [0.25, 0.3) is 0 Å². The Hall–Kier alpha value is -1.79. The molecule has 0 radical (unpaired) electrons. The number of guanidine groups is 1. The van der Waals surface area contributed by atoms with E-state index in [9.17, 15) is 0 Å². The van der Waals surface area contributed by atoms with Crippen molar-refractivity contribution in [3.05, 3.63) is 29.8 Å². The third kappa shape index (κ3) is 7.22. The molecule has 0 atom stereocenters. The van der Waals surface area contributed by atoms with Crippen LogP contribution >= 0.6 is 0 Å². The highest BCUT2D eigenvalue weighted by atomic mass is 16.5. The van der Waals surface area contributed by atoms with Gasteiger partial charge in [0.1, 0.15) is 12.4 Å². The number of aliphatic imine (C=N–C) groups is 1. The van der Waals surface area contributed by atoms with Gasteiger partial charge in [0.05, 0.1) is 26.3 Å². The Morgan fingerprint density at radius 1 is 1.23 bits per heavy atom. The highest BCUT2D eigenvalue weighted by molar-refractivity contribution is 5.79. The Bertz CT molecular complexity index is 542. The minimum atomic E-state index is 0.457. The SMILES string of the molecule is CCNC(=NCCN1CCOCC1)NCCOc1ccccc1C(C)C. The van der Waals surface area contributed by atoms with Gasteiger partial charge in [-0.2, -0.15) is 0 Å². The first-order valence-electron chi connectivity index (χ1n) is 9.74. The second-order valence-corrected chi connectivity index (χ2v) is 6.68. The predicted molar refractivity (Wildman–Crippen MR) is 107 cm³/mol. The Kier molecular flexibility index (Phi) is 9.28. The Morgan fingerprint density at radius 2 is 2.00 bits per heavy atom. The van der Waals surface area contributed by atoms with Crippen LogP contribution in [0.15, 0.2) is 29.3 Å². The van der Waals surface area contributed by atoms with Gasteiger partial charge in [-0.1, -0.05) is 32.0 Å². The average molecular weight is 363 g/mol. The fraction of sp³-hybridized carbons (Fsp3) is 0.650. The molecule has 0 unspecified atom stereocenters. The van der Waals surface area contributed by atoms with Crippen LogP contribution in [-0.4, -0.2) is 69.9 Å². The van der Waals surface area contributed by atoms with Crippen molar-refractivity contribution < 1.29 is 9.47 Å². The van der Waals surface area contributed by atoms with Gasteiger partial charge in [-0.3, -0.25) is 9.89 Å². The van der Waals surface area contributed by atoms with E-state index in [-0.39, 0.29) is 0 Å². The van der Waals surface area contributed by atoms with Crippen molar-refractivity contribution in [3.63, 3.8) is 0 Å². The molecule has 6 nitrogen and oxygen atoms in total. The van der Waals surface area contributed by atoms with E-state index in [1.54, 1.807) is 0 Å². The Morgan fingerprint density at radius 3 is 2.73 bits per heavy atom. The zero-order chi connectivity index (χ0) is 18.6. The van der Waals surface area contributed by atoms with E-state index in [0.29, 0.717) is 12.5 Å². The number of hydrogen-bond donors (Lipinski definition) is 2. The molecule has 6 heteroatoms.